The van der Waals surface area contributed by atoms with Crippen LogP contribution >= 0.6 is 0 Å². The van der Waals surface area contributed by atoms with Crippen molar-refractivity contribution >= 4 is 5.69 Å². The Balaban J connectivity index is 0.00000129. The highest BCUT2D eigenvalue weighted by Crippen LogP contribution is 2.45. The maximum atomic E-state index is 16.0. The average Bonchev–Trinajstić information content (AvgIpc) is 3.22. The molecule has 5 rings (SSSR count). The number of anilines is 1. The zero-order valence-electron chi connectivity index (χ0n) is 25.5. The average molecular weight is 584 g/mol. The van der Waals surface area contributed by atoms with E-state index in [4.69, 9.17) is 0 Å². The standard InChI is InChI=1S/C32H41F4N3.C3H4/c1-5-12-37-13-6-9-32(10-14-37)11-15-38(21-32)25-18-27(33)29(28(34)19-25)30-26-8-7-22(2)16-24(26)17-23(3)39(30)20-31(4,35)36;1-3-2/h5,7-8,16,18-19,23,30H,1,6,9-15,17,20-21H2,2-4H3;1H,2H3/t23-,30?,32?;/m1./s1. The third-order valence-electron chi connectivity index (χ3n) is 9.13. The Morgan fingerprint density at radius 2 is 1.76 bits per heavy atom. The molecule has 3 atom stereocenters. The van der Waals surface area contributed by atoms with E-state index in [1.807, 2.05) is 38.1 Å². The van der Waals surface area contributed by atoms with Crippen LogP contribution in [0.15, 0.2) is 43.0 Å². The van der Waals surface area contributed by atoms with Crippen LogP contribution in [0.2, 0.25) is 0 Å². The van der Waals surface area contributed by atoms with E-state index >= 15 is 8.78 Å². The first-order valence-corrected chi connectivity index (χ1v) is 15.1. The fourth-order valence-corrected chi connectivity index (χ4v) is 7.19. The van der Waals surface area contributed by atoms with Crippen molar-refractivity contribution in [2.75, 3.05) is 44.2 Å². The molecule has 0 aromatic heterocycles. The molecule has 2 fully saturated rings. The van der Waals surface area contributed by atoms with Crippen LogP contribution in [0.1, 0.15) is 74.8 Å². The van der Waals surface area contributed by atoms with E-state index in [9.17, 15) is 8.78 Å². The van der Waals surface area contributed by atoms with E-state index in [0.717, 1.165) is 76.5 Å². The summed E-state index contributed by atoms with van der Waals surface area (Å²) in [7, 11) is 0. The van der Waals surface area contributed by atoms with Crippen LogP contribution in [0.4, 0.5) is 23.2 Å². The van der Waals surface area contributed by atoms with Gasteiger partial charge in [0.1, 0.15) is 11.6 Å². The molecule has 3 nitrogen and oxygen atoms in total. The van der Waals surface area contributed by atoms with Gasteiger partial charge in [0.25, 0.3) is 5.92 Å². The van der Waals surface area contributed by atoms with Crippen molar-refractivity contribution in [3.05, 3.63) is 76.9 Å². The van der Waals surface area contributed by atoms with Crippen molar-refractivity contribution in [3.63, 3.8) is 0 Å². The first kappa shape index (κ1) is 32.1. The number of likely N-dealkylation sites (tertiary alicyclic amines) is 1. The molecule has 3 aliphatic rings. The van der Waals surface area contributed by atoms with Gasteiger partial charge < -0.3 is 4.90 Å². The van der Waals surface area contributed by atoms with Crippen molar-refractivity contribution in [1.29, 1.82) is 0 Å². The van der Waals surface area contributed by atoms with E-state index in [1.165, 1.54) is 12.1 Å². The Labute approximate surface area is 249 Å². The van der Waals surface area contributed by atoms with Gasteiger partial charge in [0.2, 0.25) is 0 Å². The van der Waals surface area contributed by atoms with Crippen molar-refractivity contribution in [3.8, 4) is 12.3 Å². The third-order valence-corrected chi connectivity index (χ3v) is 9.13. The van der Waals surface area contributed by atoms with Crippen LogP contribution in [0.3, 0.4) is 0 Å². The molecule has 0 bridgehead atoms. The quantitative estimate of drug-likeness (QED) is 0.195. The molecule has 0 amide bonds. The molecule has 2 aromatic rings. The van der Waals surface area contributed by atoms with Gasteiger partial charge in [-0.15, -0.1) is 18.9 Å². The summed E-state index contributed by atoms with van der Waals surface area (Å²) in [6.07, 6.45) is 11.4. The Morgan fingerprint density at radius 1 is 1.10 bits per heavy atom. The molecule has 7 heteroatoms. The molecule has 0 N–H and O–H groups in total. The number of benzene rings is 2. The lowest BCUT2D eigenvalue weighted by Crippen LogP contribution is -2.48. The van der Waals surface area contributed by atoms with Crippen molar-refractivity contribution in [1.82, 2.24) is 9.80 Å². The fourth-order valence-electron chi connectivity index (χ4n) is 7.19. The normalized spacial score (nSPS) is 24.9. The molecule has 2 aromatic carbocycles. The molecule has 2 unspecified atom stereocenters. The van der Waals surface area contributed by atoms with Gasteiger partial charge in [-0.2, -0.15) is 0 Å². The second-order valence-electron chi connectivity index (χ2n) is 12.6. The van der Waals surface area contributed by atoms with Crippen LogP contribution in [0.25, 0.3) is 0 Å². The number of aryl methyl sites for hydroxylation is 1. The summed E-state index contributed by atoms with van der Waals surface area (Å²) in [5.74, 6) is -2.08. The number of nitrogens with zero attached hydrogens (tertiary/aromatic N) is 3. The smallest absolute Gasteiger partial charge is 0.257 e. The molecular formula is C35H45F4N3. The van der Waals surface area contributed by atoms with Crippen molar-refractivity contribution in [2.45, 2.75) is 77.8 Å². The molecular weight excluding hydrogens is 538 g/mol. The van der Waals surface area contributed by atoms with Gasteiger partial charge in [-0.05, 0) is 94.6 Å². The highest BCUT2D eigenvalue weighted by molar-refractivity contribution is 5.53. The third kappa shape index (κ3) is 7.21. The van der Waals surface area contributed by atoms with E-state index < -0.39 is 30.1 Å². The molecule has 42 heavy (non-hydrogen) atoms. The lowest BCUT2D eigenvalue weighted by molar-refractivity contribution is -0.0371. The van der Waals surface area contributed by atoms with Gasteiger partial charge in [0, 0.05) is 43.9 Å². The van der Waals surface area contributed by atoms with Gasteiger partial charge in [-0.25, -0.2) is 17.6 Å². The van der Waals surface area contributed by atoms with E-state index in [-0.39, 0.29) is 17.0 Å². The Bertz CT molecular complexity index is 1270. The largest absolute Gasteiger partial charge is 0.371 e. The first-order valence-electron chi connectivity index (χ1n) is 15.1. The molecule has 1 spiro atoms. The summed E-state index contributed by atoms with van der Waals surface area (Å²) in [5.41, 5.74) is 3.27. The number of hydrogen-bond acceptors (Lipinski definition) is 3. The zero-order valence-corrected chi connectivity index (χ0v) is 25.5. The van der Waals surface area contributed by atoms with Gasteiger partial charge in [0.05, 0.1) is 12.6 Å². The summed E-state index contributed by atoms with van der Waals surface area (Å²) in [4.78, 5) is 6.11. The second-order valence-corrected chi connectivity index (χ2v) is 12.6. The monoisotopic (exact) mass is 583 g/mol. The van der Waals surface area contributed by atoms with Crippen LogP contribution in [0.5, 0.6) is 0 Å². The molecule has 3 heterocycles. The summed E-state index contributed by atoms with van der Waals surface area (Å²) >= 11 is 0. The van der Waals surface area contributed by atoms with Crippen LogP contribution in [0, 0.1) is 36.3 Å². The van der Waals surface area contributed by atoms with E-state index in [2.05, 4.69) is 28.7 Å². The minimum atomic E-state index is -2.99. The number of terminal acetylenes is 1. The molecule has 228 valence electrons. The summed E-state index contributed by atoms with van der Waals surface area (Å²) < 4.78 is 60.6. The molecule has 3 aliphatic heterocycles. The summed E-state index contributed by atoms with van der Waals surface area (Å²) in [6.45, 7) is 14.1. The molecule has 0 saturated carbocycles. The van der Waals surface area contributed by atoms with Crippen LogP contribution < -0.4 is 4.90 Å². The van der Waals surface area contributed by atoms with E-state index in [1.54, 1.807) is 11.8 Å². The lowest BCUT2D eigenvalue weighted by Gasteiger charge is -2.43. The van der Waals surface area contributed by atoms with Crippen LogP contribution in [-0.2, 0) is 6.42 Å². The minimum absolute atomic E-state index is 0.136. The predicted molar refractivity (Wildman–Crippen MR) is 164 cm³/mol. The van der Waals surface area contributed by atoms with Crippen molar-refractivity contribution in [2.24, 2.45) is 5.41 Å². The maximum absolute atomic E-state index is 16.0. The van der Waals surface area contributed by atoms with Crippen molar-refractivity contribution < 1.29 is 17.6 Å². The molecule has 2 saturated heterocycles. The van der Waals surface area contributed by atoms with Gasteiger partial charge in [-0.1, -0.05) is 29.8 Å². The first-order chi connectivity index (χ1) is 19.9. The summed E-state index contributed by atoms with van der Waals surface area (Å²) in [5, 5.41) is 0. The topological polar surface area (TPSA) is 9.72 Å². The number of fused-ring (bicyclic) bond motifs is 1. The van der Waals surface area contributed by atoms with Gasteiger partial charge >= 0.3 is 0 Å². The Kier molecular flexibility index (Phi) is 10.1. The fraction of sp³-hybridized carbons (Fsp3) is 0.543. The maximum Gasteiger partial charge on any atom is 0.257 e. The highest BCUT2D eigenvalue weighted by atomic mass is 19.3. The van der Waals surface area contributed by atoms with Gasteiger partial charge in [0.15, 0.2) is 0 Å². The SMILES string of the molecule is C#CC.C=CCN1CCCC2(CC1)CCN(c1cc(F)c(C3c4ccc(C)cc4C[C@@H](C)N3CC(C)(F)F)c(F)c1)C2. The minimum Gasteiger partial charge on any atom is -0.371 e. The Morgan fingerprint density at radius 3 is 2.40 bits per heavy atom. The number of rotatable bonds is 6. The number of halogens is 4. The second kappa shape index (κ2) is 13.2. The Hall–Kier alpha value is -2.82. The number of alkyl halides is 2. The van der Waals surface area contributed by atoms with E-state index in [0.29, 0.717) is 17.7 Å². The highest BCUT2D eigenvalue weighted by Gasteiger charge is 2.42. The molecule has 0 aliphatic carbocycles. The zero-order chi connectivity index (χ0) is 30.7. The van der Waals surface area contributed by atoms with Crippen LogP contribution in [-0.4, -0.2) is 61.0 Å². The molecule has 0 radical (unpaired) electrons. The summed E-state index contributed by atoms with van der Waals surface area (Å²) in [6, 6.07) is 7.40. The predicted octanol–water partition coefficient (Wildman–Crippen LogP) is 7.77. The lowest BCUT2D eigenvalue weighted by atomic mass is 9.80. The number of hydrogen-bond donors (Lipinski definition) is 0. The van der Waals surface area contributed by atoms with Gasteiger partial charge in [-0.3, -0.25) is 9.80 Å².